The van der Waals surface area contributed by atoms with Crippen molar-refractivity contribution in [3.63, 3.8) is 0 Å². The Hall–Kier alpha value is -3.78. The number of nitrogens with one attached hydrogen (secondary N) is 2. The van der Waals surface area contributed by atoms with E-state index >= 15 is 0 Å². The van der Waals surface area contributed by atoms with Gasteiger partial charge in [0.05, 0.1) is 16.7 Å². The summed E-state index contributed by atoms with van der Waals surface area (Å²) in [6.45, 7) is 1.21. The molecule has 0 aliphatic carbocycles. The van der Waals surface area contributed by atoms with Crippen molar-refractivity contribution in [3.05, 3.63) is 87.6 Å². The van der Waals surface area contributed by atoms with Gasteiger partial charge in [-0.05, 0) is 42.5 Å². The Labute approximate surface area is 192 Å². The van der Waals surface area contributed by atoms with Crippen molar-refractivity contribution in [2.45, 2.75) is 13.5 Å². The molecule has 0 saturated heterocycles. The maximum atomic E-state index is 13.5. The van der Waals surface area contributed by atoms with Gasteiger partial charge in [0, 0.05) is 22.6 Å². The third-order valence-electron chi connectivity index (χ3n) is 4.78. The zero-order valence-electron chi connectivity index (χ0n) is 17.1. The van der Waals surface area contributed by atoms with E-state index in [-0.39, 0.29) is 24.1 Å². The average Bonchev–Trinajstić information content (AvgIpc) is 2.77. The quantitative estimate of drug-likeness (QED) is 0.432. The van der Waals surface area contributed by atoms with Crippen molar-refractivity contribution in [2.75, 3.05) is 10.6 Å². The number of amides is 2. The fraction of sp³-hybridized carbons (Fsp3) is 0.0833. The highest BCUT2D eigenvalue weighted by atomic mass is 79.9. The monoisotopic (exact) mass is 490 g/mol. The van der Waals surface area contributed by atoms with E-state index in [1.807, 2.05) is 18.2 Å². The predicted octanol–water partition coefficient (Wildman–Crippen LogP) is 4.42. The van der Waals surface area contributed by atoms with Crippen LogP contribution in [0.3, 0.4) is 0 Å². The number of para-hydroxylation sites is 3. The number of halogens is 1. The first-order valence-corrected chi connectivity index (χ1v) is 10.6. The fourth-order valence-electron chi connectivity index (χ4n) is 3.39. The molecule has 2 N–H and O–H groups in total. The highest BCUT2D eigenvalue weighted by Gasteiger charge is 2.17. The molecule has 1 heterocycles. The second-order valence-corrected chi connectivity index (χ2v) is 8.04. The number of carbonyl (C=O) groups is 2. The van der Waals surface area contributed by atoms with Gasteiger partial charge in [-0.25, -0.2) is 4.98 Å². The van der Waals surface area contributed by atoms with Crippen molar-refractivity contribution >= 4 is 50.2 Å². The van der Waals surface area contributed by atoms with Gasteiger partial charge in [-0.1, -0.05) is 46.3 Å². The third kappa shape index (κ3) is 4.60. The molecule has 3 aromatic carbocycles. The number of benzene rings is 3. The Bertz CT molecular complexity index is 1380. The van der Waals surface area contributed by atoms with Crippen LogP contribution in [0.5, 0.6) is 0 Å². The summed E-state index contributed by atoms with van der Waals surface area (Å²) in [5.41, 5.74) is 2.43. The summed E-state index contributed by atoms with van der Waals surface area (Å²) < 4.78 is 2.30. The summed E-state index contributed by atoms with van der Waals surface area (Å²) in [5, 5.41) is 5.54. The molecular weight excluding hydrogens is 472 g/mol. The van der Waals surface area contributed by atoms with E-state index < -0.39 is 5.56 Å². The first-order chi connectivity index (χ1) is 15.4. The number of hydrogen-bond donors (Lipinski definition) is 2. The van der Waals surface area contributed by atoms with E-state index in [0.717, 1.165) is 4.47 Å². The molecule has 0 unspecified atom stereocenters. The van der Waals surface area contributed by atoms with Crippen LogP contribution in [0.25, 0.3) is 22.3 Å². The van der Waals surface area contributed by atoms with Crippen LogP contribution in [0.1, 0.15) is 6.92 Å². The van der Waals surface area contributed by atoms with E-state index in [1.54, 1.807) is 54.6 Å². The number of aromatic nitrogens is 2. The molecule has 0 radical (unpaired) electrons. The first kappa shape index (κ1) is 21.5. The standard InChI is InChI=1S/C24H19BrN4O3/c1-15(30)26-19-7-3-2-6-18(19)23-24(32)29(21-9-5-4-8-20(21)28-23)14-22(31)27-17-12-10-16(25)11-13-17/h2-13H,14H2,1H3,(H,26,30)(H,27,31). The van der Waals surface area contributed by atoms with E-state index in [1.165, 1.54) is 11.5 Å². The Kier molecular flexibility index (Phi) is 6.13. The minimum atomic E-state index is -0.424. The summed E-state index contributed by atoms with van der Waals surface area (Å²) >= 11 is 3.36. The summed E-state index contributed by atoms with van der Waals surface area (Å²) in [7, 11) is 0. The number of hydrogen-bond acceptors (Lipinski definition) is 4. The Balaban J connectivity index is 1.79. The minimum Gasteiger partial charge on any atom is -0.326 e. The number of nitrogens with zero attached hydrogens (tertiary/aromatic N) is 2. The second kappa shape index (κ2) is 9.15. The normalized spacial score (nSPS) is 10.7. The van der Waals surface area contributed by atoms with Crippen molar-refractivity contribution in [1.82, 2.24) is 9.55 Å². The molecule has 0 aliphatic rings. The molecule has 0 spiro atoms. The van der Waals surface area contributed by atoms with E-state index in [0.29, 0.717) is 28.0 Å². The number of carbonyl (C=O) groups excluding carboxylic acids is 2. The van der Waals surface area contributed by atoms with E-state index in [2.05, 4.69) is 31.5 Å². The molecule has 1 aromatic heterocycles. The summed E-state index contributed by atoms with van der Waals surface area (Å²) in [6, 6.07) is 21.3. The van der Waals surface area contributed by atoms with E-state index in [9.17, 15) is 14.4 Å². The van der Waals surface area contributed by atoms with Crippen LogP contribution in [0.4, 0.5) is 11.4 Å². The van der Waals surface area contributed by atoms with Crippen molar-refractivity contribution in [2.24, 2.45) is 0 Å². The lowest BCUT2D eigenvalue weighted by atomic mass is 10.1. The molecule has 2 amide bonds. The van der Waals surface area contributed by atoms with Crippen LogP contribution in [-0.2, 0) is 16.1 Å². The second-order valence-electron chi connectivity index (χ2n) is 7.12. The van der Waals surface area contributed by atoms with Crippen LogP contribution in [0, 0.1) is 0 Å². The molecule has 0 atom stereocenters. The molecule has 0 aliphatic heterocycles. The Morgan fingerprint density at radius 1 is 0.938 bits per heavy atom. The highest BCUT2D eigenvalue weighted by Crippen LogP contribution is 2.25. The zero-order valence-corrected chi connectivity index (χ0v) is 18.7. The van der Waals surface area contributed by atoms with Gasteiger partial charge in [0.15, 0.2) is 0 Å². The lowest BCUT2D eigenvalue weighted by molar-refractivity contribution is -0.117. The number of fused-ring (bicyclic) bond motifs is 1. The topological polar surface area (TPSA) is 93.1 Å². The first-order valence-electron chi connectivity index (χ1n) is 9.84. The van der Waals surface area contributed by atoms with Gasteiger partial charge in [0.1, 0.15) is 12.2 Å². The van der Waals surface area contributed by atoms with Crippen LogP contribution < -0.4 is 16.2 Å². The minimum absolute atomic E-state index is 0.157. The van der Waals surface area contributed by atoms with Crippen LogP contribution >= 0.6 is 15.9 Å². The highest BCUT2D eigenvalue weighted by molar-refractivity contribution is 9.10. The maximum absolute atomic E-state index is 13.5. The summed E-state index contributed by atoms with van der Waals surface area (Å²) in [5.74, 6) is -0.598. The smallest absolute Gasteiger partial charge is 0.278 e. The van der Waals surface area contributed by atoms with Gasteiger partial charge in [0.25, 0.3) is 5.56 Å². The molecule has 160 valence electrons. The summed E-state index contributed by atoms with van der Waals surface area (Å²) in [4.78, 5) is 42.4. The van der Waals surface area contributed by atoms with Crippen LogP contribution in [0.15, 0.2) is 82.1 Å². The van der Waals surface area contributed by atoms with Crippen molar-refractivity contribution in [3.8, 4) is 11.3 Å². The van der Waals surface area contributed by atoms with Gasteiger partial charge in [-0.2, -0.15) is 0 Å². The molecule has 7 nitrogen and oxygen atoms in total. The fourth-order valence-corrected chi connectivity index (χ4v) is 3.65. The van der Waals surface area contributed by atoms with Crippen LogP contribution in [0.2, 0.25) is 0 Å². The molecule has 0 saturated carbocycles. The largest absolute Gasteiger partial charge is 0.326 e. The van der Waals surface area contributed by atoms with Gasteiger partial charge in [-0.15, -0.1) is 0 Å². The number of rotatable bonds is 5. The summed E-state index contributed by atoms with van der Waals surface area (Å²) in [6.07, 6.45) is 0. The Morgan fingerprint density at radius 3 is 2.38 bits per heavy atom. The SMILES string of the molecule is CC(=O)Nc1ccccc1-c1nc2ccccc2n(CC(=O)Nc2ccc(Br)cc2)c1=O. The predicted molar refractivity (Wildman–Crippen MR) is 129 cm³/mol. The lowest BCUT2D eigenvalue weighted by Crippen LogP contribution is -2.30. The van der Waals surface area contributed by atoms with Crippen molar-refractivity contribution in [1.29, 1.82) is 0 Å². The molecule has 32 heavy (non-hydrogen) atoms. The van der Waals surface area contributed by atoms with Gasteiger partial charge < -0.3 is 10.6 Å². The molecule has 0 fully saturated rings. The van der Waals surface area contributed by atoms with Gasteiger partial charge in [0.2, 0.25) is 11.8 Å². The van der Waals surface area contributed by atoms with Gasteiger partial charge >= 0.3 is 0 Å². The molecule has 8 heteroatoms. The zero-order chi connectivity index (χ0) is 22.7. The lowest BCUT2D eigenvalue weighted by Gasteiger charge is -2.14. The van der Waals surface area contributed by atoms with Crippen LogP contribution in [-0.4, -0.2) is 21.4 Å². The van der Waals surface area contributed by atoms with Crippen molar-refractivity contribution < 1.29 is 9.59 Å². The maximum Gasteiger partial charge on any atom is 0.278 e. The molecule has 4 rings (SSSR count). The molecule has 4 aromatic rings. The average molecular weight is 491 g/mol. The van der Waals surface area contributed by atoms with Gasteiger partial charge in [-0.3, -0.25) is 19.0 Å². The Morgan fingerprint density at radius 2 is 1.62 bits per heavy atom. The molecule has 0 bridgehead atoms. The third-order valence-corrected chi connectivity index (χ3v) is 5.30. The van der Waals surface area contributed by atoms with E-state index in [4.69, 9.17) is 0 Å². The number of anilines is 2. The molecular formula is C24H19BrN4O3.